The first-order valence-electron chi connectivity index (χ1n) is 8.79. The number of methoxy groups -OCH3 is 1. The third kappa shape index (κ3) is 5.30. The van der Waals surface area contributed by atoms with E-state index in [2.05, 4.69) is 58.6 Å². The Labute approximate surface area is 151 Å². The van der Waals surface area contributed by atoms with Gasteiger partial charge in [0.25, 0.3) is 0 Å². The lowest BCUT2D eigenvalue weighted by Gasteiger charge is -2.38. The minimum Gasteiger partial charge on any atom is -0.394 e. The number of rotatable bonds is 11. The van der Waals surface area contributed by atoms with Crippen LogP contribution in [0.2, 0.25) is 0 Å². The van der Waals surface area contributed by atoms with Crippen LogP contribution in [0, 0.1) is 0 Å². The van der Waals surface area contributed by atoms with Gasteiger partial charge in [0.05, 0.1) is 12.1 Å². The first kappa shape index (κ1) is 19.4. The van der Waals surface area contributed by atoms with E-state index in [0.29, 0.717) is 6.61 Å². The van der Waals surface area contributed by atoms with Gasteiger partial charge < -0.3 is 14.4 Å². The van der Waals surface area contributed by atoms with E-state index >= 15 is 0 Å². The third-order valence-corrected chi connectivity index (χ3v) is 4.73. The lowest BCUT2D eigenvalue weighted by Crippen LogP contribution is -2.48. The maximum Gasteiger partial charge on any atom is 0.0648 e. The van der Waals surface area contributed by atoms with Crippen LogP contribution in [-0.2, 0) is 17.8 Å². The van der Waals surface area contributed by atoms with Crippen LogP contribution in [0.4, 0.5) is 0 Å². The maximum absolute atomic E-state index is 9.89. The number of nitrogens with zero attached hydrogens (tertiary/aromatic N) is 2. The van der Waals surface area contributed by atoms with Gasteiger partial charge in [-0.3, -0.25) is 4.90 Å². The van der Waals surface area contributed by atoms with Gasteiger partial charge in [-0.2, -0.15) is 0 Å². The number of aliphatic hydroxyl groups is 1. The summed E-state index contributed by atoms with van der Waals surface area (Å²) < 4.78 is 7.45. The molecular formula is C21H30N2O2. The van der Waals surface area contributed by atoms with Gasteiger partial charge in [-0.05, 0) is 31.0 Å². The molecule has 1 heterocycles. The molecule has 136 valence electrons. The minimum atomic E-state index is -0.449. The Balaban J connectivity index is 2.15. The van der Waals surface area contributed by atoms with Gasteiger partial charge in [0.1, 0.15) is 0 Å². The summed E-state index contributed by atoms with van der Waals surface area (Å²) in [5, 5.41) is 9.89. The molecule has 0 saturated heterocycles. The number of aromatic nitrogens is 1. The average molecular weight is 342 g/mol. The Bertz CT molecular complexity index is 638. The van der Waals surface area contributed by atoms with Gasteiger partial charge in [0.15, 0.2) is 0 Å². The van der Waals surface area contributed by atoms with Gasteiger partial charge in [-0.15, -0.1) is 6.58 Å². The summed E-state index contributed by atoms with van der Waals surface area (Å²) in [6.07, 6.45) is 4.86. The fourth-order valence-corrected chi connectivity index (χ4v) is 2.93. The topological polar surface area (TPSA) is 37.6 Å². The first-order valence-corrected chi connectivity index (χ1v) is 8.79. The van der Waals surface area contributed by atoms with E-state index in [-0.39, 0.29) is 6.61 Å². The van der Waals surface area contributed by atoms with Gasteiger partial charge in [-0.1, -0.05) is 36.4 Å². The summed E-state index contributed by atoms with van der Waals surface area (Å²) in [4.78, 5) is 2.27. The highest BCUT2D eigenvalue weighted by Crippen LogP contribution is 2.21. The predicted molar refractivity (Wildman–Crippen MR) is 103 cm³/mol. The summed E-state index contributed by atoms with van der Waals surface area (Å²) in [5.74, 6) is 0. The van der Waals surface area contributed by atoms with Gasteiger partial charge in [-0.25, -0.2) is 0 Å². The molecule has 1 atom stereocenters. The molecular weight excluding hydrogens is 312 g/mol. The van der Waals surface area contributed by atoms with Crippen LogP contribution in [0.25, 0.3) is 0 Å². The Hall–Kier alpha value is -1.88. The van der Waals surface area contributed by atoms with Crippen molar-refractivity contribution in [2.24, 2.45) is 0 Å². The Morgan fingerprint density at radius 3 is 2.64 bits per heavy atom. The largest absolute Gasteiger partial charge is 0.394 e. The highest BCUT2D eigenvalue weighted by atomic mass is 16.5. The molecule has 1 unspecified atom stereocenters. The molecule has 1 N–H and O–H groups in total. The fourth-order valence-electron chi connectivity index (χ4n) is 2.93. The molecule has 0 spiro atoms. The van der Waals surface area contributed by atoms with Crippen molar-refractivity contribution in [3.63, 3.8) is 0 Å². The molecule has 0 aliphatic carbocycles. The number of hydrogen-bond donors (Lipinski definition) is 1. The molecule has 0 radical (unpaired) electrons. The zero-order valence-electron chi connectivity index (χ0n) is 15.4. The zero-order chi connectivity index (χ0) is 18.1. The second-order valence-electron chi connectivity index (χ2n) is 6.60. The number of hydrogen-bond acceptors (Lipinski definition) is 3. The fraction of sp³-hybridized carbons (Fsp3) is 0.429. The SMILES string of the molecule is C=CC(C)(CO)N(CCCOC)Cc1cccn1Cc1ccccc1. The molecule has 1 aromatic heterocycles. The van der Waals surface area contributed by atoms with Crippen molar-refractivity contribution < 1.29 is 9.84 Å². The van der Waals surface area contributed by atoms with E-state index in [1.807, 2.05) is 19.1 Å². The lowest BCUT2D eigenvalue weighted by molar-refractivity contribution is 0.0616. The number of ether oxygens (including phenoxy) is 1. The maximum atomic E-state index is 9.89. The molecule has 0 saturated carbocycles. The molecule has 0 fully saturated rings. The van der Waals surface area contributed by atoms with E-state index in [1.54, 1.807) is 7.11 Å². The first-order chi connectivity index (χ1) is 12.1. The van der Waals surface area contributed by atoms with Crippen molar-refractivity contribution in [1.82, 2.24) is 9.47 Å². The highest BCUT2D eigenvalue weighted by Gasteiger charge is 2.28. The number of aliphatic hydroxyl groups excluding tert-OH is 1. The van der Waals surface area contributed by atoms with E-state index < -0.39 is 5.54 Å². The molecule has 1 aromatic carbocycles. The van der Waals surface area contributed by atoms with Gasteiger partial charge in [0, 0.05) is 45.2 Å². The van der Waals surface area contributed by atoms with Crippen molar-refractivity contribution in [2.75, 3.05) is 26.9 Å². The molecule has 4 heteroatoms. The van der Waals surface area contributed by atoms with E-state index in [1.165, 1.54) is 11.3 Å². The molecule has 4 nitrogen and oxygen atoms in total. The summed E-state index contributed by atoms with van der Waals surface area (Å²) in [7, 11) is 1.72. The van der Waals surface area contributed by atoms with Crippen molar-refractivity contribution >= 4 is 0 Å². The smallest absolute Gasteiger partial charge is 0.0648 e. The van der Waals surface area contributed by atoms with Gasteiger partial charge in [0.2, 0.25) is 0 Å². The van der Waals surface area contributed by atoms with Crippen LogP contribution in [-0.4, -0.2) is 47.0 Å². The summed E-state index contributed by atoms with van der Waals surface area (Å²) in [6.45, 7) is 9.15. The Morgan fingerprint density at radius 2 is 2.00 bits per heavy atom. The van der Waals surface area contributed by atoms with Crippen LogP contribution in [0.15, 0.2) is 61.3 Å². The Kier molecular flexibility index (Phi) is 7.44. The highest BCUT2D eigenvalue weighted by molar-refractivity contribution is 5.18. The van der Waals surface area contributed by atoms with Crippen LogP contribution in [0.3, 0.4) is 0 Å². The normalized spacial score (nSPS) is 13.8. The predicted octanol–water partition coefficient (Wildman–Crippen LogP) is 3.31. The second-order valence-corrected chi connectivity index (χ2v) is 6.60. The molecule has 0 aliphatic heterocycles. The summed E-state index contributed by atoms with van der Waals surface area (Å²) in [5.41, 5.74) is 2.05. The van der Waals surface area contributed by atoms with Crippen molar-refractivity contribution in [3.05, 3.63) is 72.6 Å². The minimum absolute atomic E-state index is 0.0445. The molecule has 2 rings (SSSR count). The van der Waals surface area contributed by atoms with E-state index in [9.17, 15) is 5.11 Å². The standard InChI is InChI=1S/C21H30N2O2/c1-4-21(2,18-24)23(14-9-15-25-3)17-20-12-8-13-22(20)16-19-10-6-5-7-11-19/h4-8,10-13,24H,1,9,14-18H2,2-3H3. The Morgan fingerprint density at radius 1 is 1.24 bits per heavy atom. The second kappa shape index (κ2) is 9.56. The quantitative estimate of drug-likeness (QED) is 0.503. The molecule has 0 aliphatic rings. The summed E-state index contributed by atoms with van der Waals surface area (Å²) >= 11 is 0. The molecule has 0 amide bonds. The molecule has 25 heavy (non-hydrogen) atoms. The van der Waals surface area contributed by atoms with Crippen molar-refractivity contribution in [3.8, 4) is 0 Å². The average Bonchev–Trinajstić information content (AvgIpc) is 3.08. The zero-order valence-corrected chi connectivity index (χ0v) is 15.4. The van der Waals surface area contributed by atoms with Crippen molar-refractivity contribution in [1.29, 1.82) is 0 Å². The monoisotopic (exact) mass is 342 g/mol. The number of benzene rings is 1. The van der Waals surface area contributed by atoms with Gasteiger partial charge >= 0.3 is 0 Å². The van der Waals surface area contributed by atoms with Crippen molar-refractivity contribution in [2.45, 2.75) is 32.0 Å². The van der Waals surface area contributed by atoms with Crippen LogP contribution in [0.1, 0.15) is 24.6 Å². The lowest BCUT2D eigenvalue weighted by atomic mass is 10.0. The third-order valence-electron chi connectivity index (χ3n) is 4.73. The molecule has 0 bridgehead atoms. The summed E-state index contributed by atoms with van der Waals surface area (Å²) in [6, 6.07) is 14.7. The van der Waals surface area contributed by atoms with Crippen LogP contribution < -0.4 is 0 Å². The molecule has 2 aromatic rings. The van der Waals surface area contributed by atoms with E-state index in [4.69, 9.17) is 4.74 Å². The van der Waals surface area contributed by atoms with Crippen LogP contribution >= 0.6 is 0 Å². The van der Waals surface area contributed by atoms with E-state index in [0.717, 1.165) is 26.1 Å². The van der Waals surface area contributed by atoms with Crippen LogP contribution in [0.5, 0.6) is 0 Å².